The minimum atomic E-state index is -1.04. The lowest BCUT2D eigenvalue weighted by atomic mass is 9.88. The maximum Gasteiger partial charge on any atom is 0.136 e. The van der Waals surface area contributed by atoms with Gasteiger partial charge in [-0.05, 0) is 38.5 Å². The lowest BCUT2D eigenvalue weighted by Crippen LogP contribution is -2.27. The quantitative estimate of drug-likeness (QED) is 0.636. The molecule has 1 saturated carbocycles. The zero-order valence-corrected chi connectivity index (χ0v) is 9.07. The van der Waals surface area contributed by atoms with Gasteiger partial charge in [0.05, 0.1) is 0 Å². The standard InChI is InChI=1S/C12H18O3/c1-2-3-4-5-10-9(8-12(14)15)6-7-11(10)13/h2-3,9-10H,4-8H2,1H3,(H,14,15)/p-1/b3-2+. The van der Waals surface area contributed by atoms with Crippen molar-refractivity contribution >= 4 is 11.8 Å². The number of Topliss-reactive ketones (excluding diaryl/α,β-unsaturated/α-hetero) is 1. The summed E-state index contributed by atoms with van der Waals surface area (Å²) < 4.78 is 0. The van der Waals surface area contributed by atoms with Crippen molar-refractivity contribution in [3.05, 3.63) is 12.2 Å². The van der Waals surface area contributed by atoms with Gasteiger partial charge in [-0.25, -0.2) is 0 Å². The maximum atomic E-state index is 11.5. The SMILES string of the molecule is C/C=C/CCC1C(=O)CCC1CC(=O)[O-]. The molecule has 0 saturated heterocycles. The highest BCUT2D eigenvalue weighted by atomic mass is 16.4. The summed E-state index contributed by atoms with van der Waals surface area (Å²) in [7, 11) is 0. The minimum absolute atomic E-state index is 0.00718. The van der Waals surface area contributed by atoms with Crippen molar-refractivity contribution in [3.8, 4) is 0 Å². The van der Waals surface area contributed by atoms with E-state index in [1.165, 1.54) is 0 Å². The second-order valence-corrected chi connectivity index (χ2v) is 4.09. The van der Waals surface area contributed by atoms with Gasteiger partial charge in [-0.15, -0.1) is 0 Å². The second kappa shape index (κ2) is 5.69. The van der Waals surface area contributed by atoms with Gasteiger partial charge in [0.1, 0.15) is 5.78 Å². The topological polar surface area (TPSA) is 57.2 Å². The van der Waals surface area contributed by atoms with Crippen LogP contribution in [0.2, 0.25) is 0 Å². The van der Waals surface area contributed by atoms with Crippen molar-refractivity contribution in [2.45, 2.75) is 39.0 Å². The van der Waals surface area contributed by atoms with Crippen molar-refractivity contribution in [2.24, 2.45) is 11.8 Å². The van der Waals surface area contributed by atoms with Crippen molar-refractivity contribution in [3.63, 3.8) is 0 Å². The molecule has 1 aliphatic carbocycles. The Morgan fingerprint density at radius 1 is 1.60 bits per heavy atom. The van der Waals surface area contributed by atoms with Crippen LogP contribution in [0.15, 0.2) is 12.2 Å². The van der Waals surface area contributed by atoms with Crippen LogP contribution >= 0.6 is 0 Å². The summed E-state index contributed by atoms with van der Waals surface area (Å²) >= 11 is 0. The molecule has 15 heavy (non-hydrogen) atoms. The molecule has 0 aromatic rings. The Hall–Kier alpha value is -1.12. The summed E-state index contributed by atoms with van der Waals surface area (Å²) in [4.78, 5) is 22.0. The van der Waals surface area contributed by atoms with Gasteiger partial charge >= 0.3 is 0 Å². The van der Waals surface area contributed by atoms with Gasteiger partial charge in [0, 0.05) is 18.3 Å². The molecule has 0 aromatic carbocycles. The number of allylic oxidation sites excluding steroid dienone is 2. The molecule has 2 unspecified atom stereocenters. The van der Waals surface area contributed by atoms with Gasteiger partial charge in [-0.3, -0.25) is 4.79 Å². The van der Waals surface area contributed by atoms with Gasteiger partial charge < -0.3 is 9.90 Å². The maximum absolute atomic E-state index is 11.5. The van der Waals surface area contributed by atoms with Gasteiger partial charge in [0.2, 0.25) is 0 Å². The Kier molecular flexibility index (Phi) is 4.53. The number of hydrogen-bond acceptors (Lipinski definition) is 3. The number of hydrogen-bond donors (Lipinski definition) is 0. The number of carboxylic acids is 1. The Bertz CT molecular complexity index is 268. The van der Waals surface area contributed by atoms with Crippen molar-refractivity contribution in [2.75, 3.05) is 0 Å². The third kappa shape index (κ3) is 3.50. The second-order valence-electron chi connectivity index (χ2n) is 4.09. The van der Waals surface area contributed by atoms with Crippen molar-refractivity contribution < 1.29 is 14.7 Å². The zero-order valence-electron chi connectivity index (χ0n) is 9.07. The van der Waals surface area contributed by atoms with Crippen LogP contribution in [-0.4, -0.2) is 11.8 Å². The average Bonchev–Trinajstić information content (AvgIpc) is 2.49. The van der Waals surface area contributed by atoms with Crippen LogP contribution < -0.4 is 5.11 Å². The lowest BCUT2D eigenvalue weighted by Gasteiger charge is -2.17. The van der Waals surface area contributed by atoms with Gasteiger partial charge in [0.25, 0.3) is 0 Å². The number of aliphatic carboxylic acids is 1. The van der Waals surface area contributed by atoms with Gasteiger partial charge in [-0.2, -0.15) is 0 Å². The fourth-order valence-corrected chi connectivity index (χ4v) is 2.27. The molecular formula is C12H17O3-. The lowest BCUT2D eigenvalue weighted by molar-refractivity contribution is -0.307. The summed E-state index contributed by atoms with van der Waals surface area (Å²) in [5, 5.41) is 10.5. The van der Waals surface area contributed by atoms with Gasteiger partial charge in [0.15, 0.2) is 0 Å². The third-order valence-corrected chi connectivity index (χ3v) is 3.05. The summed E-state index contributed by atoms with van der Waals surface area (Å²) in [6, 6.07) is 0. The van der Waals surface area contributed by atoms with Crippen LogP contribution in [0.5, 0.6) is 0 Å². The fraction of sp³-hybridized carbons (Fsp3) is 0.667. The van der Waals surface area contributed by atoms with E-state index < -0.39 is 5.97 Å². The van der Waals surface area contributed by atoms with E-state index in [-0.39, 0.29) is 24.0 Å². The first kappa shape index (κ1) is 12.0. The van der Waals surface area contributed by atoms with Crippen LogP contribution in [0.3, 0.4) is 0 Å². The largest absolute Gasteiger partial charge is 0.550 e. The molecule has 84 valence electrons. The molecule has 0 amide bonds. The molecule has 1 fully saturated rings. The molecule has 0 aliphatic heterocycles. The normalized spacial score (nSPS) is 26.3. The van der Waals surface area contributed by atoms with E-state index in [0.29, 0.717) is 12.8 Å². The van der Waals surface area contributed by atoms with E-state index in [0.717, 1.165) is 12.8 Å². The first-order valence-electron chi connectivity index (χ1n) is 5.49. The smallest absolute Gasteiger partial charge is 0.136 e. The number of carbonyl (C=O) groups is 2. The molecule has 0 N–H and O–H groups in total. The van der Waals surface area contributed by atoms with E-state index in [9.17, 15) is 14.7 Å². The number of carbonyl (C=O) groups excluding carboxylic acids is 2. The van der Waals surface area contributed by atoms with Crippen LogP contribution in [0.25, 0.3) is 0 Å². The predicted octanol–water partition coefficient (Wildman–Crippen LogP) is 1.08. The summed E-state index contributed by atoms with van der Waals surface area (Å²) in [5.41, 5.74) is 0. The highest BCUT2D eigenvalue weighted by Crippen LogP contribution is 2.34. The van der Waals surface area contributed by atoms with Crippen molar-refractivity contribution in [1.29, 1.82) is 0 Å². The Labute approximate surface area is 90.2 Å². The summed E-state index contributed by atoms with van der Waals surface area (Å²) in [6.07, 6.45) is 6.89. The van der Waals surface area contributed by atoms with E-state index in [1.54, 1.807) is 0 Å². The number of carboxylic acid groups (broad SMARTS) is 1. The number of rotatable bonds is 5. The van der Waals surface area contributed by atoms with Crippen LogP contribution in [-0.2, 0) is 9.59 Å². The highest BCUT2D eigenvalue weighted by molar-refractivity contribution is 5.84. The first-order chi connectivity index (χ1) is 7.15. The summed E-state index contributed by atoms with van der Waals surface area (Å²) in [6.45, 7) is 1.94. The van der Waals surface area contributed by atoms with Crippen LogP contribution in [0.4, 0.5) is 0 Å². The molecule has 0 spiro atoms. The predicted molar refractivity (Wildman–Crippen MR) is 54.9 cm³/mol. The molecule has 0 radical (unpaired) electrons. The molecule has 1 aliphatic rings. The van der Waals surface area contributed by atoms with Gasteiger partial charge in [-0.1, -0.05) is 12.2 Å². The molecule has 2 atom stereocenters. The Morgan fingerprint density at radius 2 is 2.33 bits per heavy atom. The molecule has 0 heterocycles. The average molecular weight is 209 g/mol. The third-order valence-electron chi connectivity index (χ3n) is 3.05. The summed E-state index contributed by atoms with van der Waals surface area (Å²) in [5.74, 6) is -0.858. The van der Waals surface area contributed by atoms with Crippen molar-refractivity contribution in [1.82, 2.24) is 0 Å². The molecule has 1 rings (SSSR count). The molecule has 3 nitrogen and oxygen atoms in total. The van der Waals surface area contributed by atoms with E-state index in [1.807, 2.05) is 19.1 Å². The van der Waals surface area contributed by atoms with E-state index in [2.05, 4.69) is 0 Å². The highest BCUT2D eigenvalue weighted by Gasteiger charge is 2.33. The number of ketones is 1. The molecule has 3 heteroatoms. The van der Waals surface area contributed by atoms with Crippen LogP contribution in [0, 0.1) is 11.8 Å². The van der Waals surface area contributed by atoms with Crippen LogP contribution in [0.1, 0.15) is 39.0 Å². The first-order valence-corrected chi connectivity index (χ1v) is 5.49. The monoisotopic (exact) mass is 209 g/mol. The molecule has 0 bridgehead atoms. The van der Waals surface area contributed by atoms with E-state index in [4.69, 9.17) is 0 Å². The Balaban J connectivity index is 2.48. The minimum Gasteiger partial charge on any atom is -0.550 e. The molecular weight excluding hydrogens is 192 g/mol. The zero-order chi connectivity index (χ0) is 11.3. The fourth-order valence-electron chi connectivity index (χ4n) is 2.27. The van der Waals surface area contributed by atoms with E-state index >= 15 is 0 Å². The molecule has 0 aromatic heterocycles. The Morgan fingerprint density at radius 3 is 2.93 bits per heavy atom.